The van der Waals surface area contributed by atoms with E-state index in [1.54, 1.807) is 10.8 Å². The van der Waals surface area contributed by atoms with Crippen LogP contribution in [-0.2, 0) is 11.3 Å². The van der Waals surface area contributed by atoms with E-state index in [1.165, 1.54) is 32.4 Å². The lowest BCUT2D eigenvalue weighted by Crippen LogP contribution is -2.33. The van der Waals surface area contributed by atoms with Crippen LogP contribution < -0.4 is 10.9 Å². The summed E-state index contributed by atoms with van der Waals surface area (Å²) in [6.45, 7) is 4.64. The van der Waals surface area contributed by atoms with Crippen molar-refractivity contribution >= 4 is 22.6 Å². The fourth-order valence-corrected chi connectivity index (χ4v) is 4.19. The number of rotatable bonds is 8. The van der Waals surface area contributed by atoms with Crippen molar-refractivity contribution in [1.29, 1.82) is 0 Å². The SMILES string of the molecule is O=C(CCCn1c(=O)c2cccn2c2cccnc21)NCCCN1CCCCC1. The molecule has 1 aliphatic heterocycles. The summed E-state index contributed by atoms with van der Waals surface area (Å²) < 4.78 is 3.56. The minimum absolute atomic E-state index is 0.0534. The Morgan fingerprint density at radius 2 is 1.86 bits per heavy atom. The fourth-order valence-electron chi connectivity index (χ4n) is 4.19. The van der Waals surface area contributed by atoms with Crippen LogP contribution in [0.5, 0.6) is 0 Å². The number of nitrogens with zero attached hydrogens (tertiary/aromatic N) is 4. The molecule has 4 heterocycles. The lowest BCUT2D eigenvalue weighted by Gasteiger charge is -2.26. The highest BCUT2D eigenvalue weighted by atomic mass is 16.1. The van der Waals surface area contributed by atoms with Gasteiger partial charge in [0, 0.05) is 31.9 Å². The highest BCUT2D eigenvalue weighted by molar-refractivity contribution is 5.76. The standard InChI is InChI=1S/C22H29N5O2/c28-20(23-12-7-15-25-13-2-1-3-14-25)10-6-17-27-21-18(8-4-11-24-21)26-16-5-9-19(26)22(27)29/h4-5,8-9,11,16H,1-3,6-7,10,12-15,17H2,(H,23,28). The van der Waals surface area contributed by atoms with Gasteiger partial charge in [-0.05, 0) is 69.6 Å². The first-order valence-electron chi connectivity index (χ1n) is 10.7. The molecule has 1 amide bonds. The molecule has 0 atom stereocenters. The topological polar surface area (TPSA) is 71.6 Å². The van der Waals surface area contributed by atoms with Gasteiger partial charge in [0.1, 0.15) is 5.52 Å². The van der Waals surface area contributed by atoms with Crippen LogP contribution in [0.15, 0.2) is 41.5 Å². The second-order valence-corrected chi connectivity index (χ2v) is 7.78. The van der Waals surface area contributed by atoms with Gasteiger partial charge in [-0.1, -0.05) is 6.42 Å². The zero-order valence-corrected chi connectivity index (χ0v) is 16.8. The van der Waals surface area contributed by atoms with E-state index in [4.69, 9.17) is 0 Å². The second kappa shape index (κ2) is 9.22. The number of fused-ring (bicyclic) bond motifs is 3. The van der Waals surface area contributed by atoms with E-state index >= 15 is 0 Å². The molecule has 0 spiro atoms. The van der Waals surface area contributed by atoms with Gasteiger partial charge in [-0.2, -0.15) is 0 Å². The third-order valence-electron chi connectivity index (χ3n) is 5.70. The summed E-state index contributed by atoms with van der Waals surface area (Å²) in [4.78, 5) is 31.9. The monoisotopic (exact) mass is 395 g/mol. The lowest BCUT2D eigenvalue weighted by atomic mass is 10.1. The molecule has 1 fully saturated rings. The number of pyridine rings is 1. The number of hydrogen-bond donors (Lipinski definition) is 1. The number of hydrogen-bond acceptors (Lipinski definition) is 4. The van der Waals surface area contributed by atoms with Gasteiger partial charge < -0.3 is 14.6 Å². The molecular formula is C22H29N5O2. The van der Waals surface area contributed by atoms with E-state index in [0.717, 1.165) is 25.0 Å². The molecule has 0 aliphatic carbocycles. The van der Waals surface area contributed by atoms with Gasteiger partial charge >= 0.3 is 0 Å². The average Bonchev–Trinajstić information content (AvgIpc) is 3.25. The first kappa shape index (κ1) is 19.6. The van der Waals surface area contributed by atoms with Gasteiger partial charge in [0.25, 0.3) is 5.56 Å². The Hall–Kier alpha value is -2.67. The van der Waals surface area contributed by atoms with Crippen LogP contribution in [-0.4, -0.2) is 50.9 Å². The summed E-state index contributed by atoms with van der Waals surface area (Å²) in [6, 6.07) is 7.51. The summed E-state index contributed by atoms with van der Waals surface area (Å²) in [7, 11) is 0. The van der Waals surface area contributed by atoms with Crippen molar-refractivity contribution in [2.45, 2.75) is 45.1 Å². The maximum absolute atomic E-state index is 12.8. The number of carbonyl (C=O) groups is 1. The van der Waals surface area contributed by atoms with Crippen LogP contribution in [0.25, 0.3) is 16.7 Å². The van der Waals surface area contributed by atoms with Crippen LogP contribution >= 0.6 is 0 Å². The van der Waals surface area contributed by atoms with E-state index in [9.17, 15) is 9.59 Å². The normalized spacial score (nSPS) is 15.2. The lowest BCUT2D eigenvalue weighted by molar-refractivity contribution is -0.121. The Bertz CT molecular complexity index is 1030. The van der Waals surface area contributed by atoms with Gasteiger partial charge in [-0.3, -0.25) is 14.2 Å². The number of nitrogens with one attached hydrogen (secondary N) is 1. The number of aryl methyl sites for hydroxylation is 1. The second-order valence-electron chi connectivity index (χ2n) is 7.78. The molecule has 7 heteroatoms. The molecule has 0 unspecified atom stereocenters. The summed E-state index contributed by atoms with van der Waals surface area (Å²) in [5.41, 5.74) is 2.12. The van der Waals surface area contributed by atoms with E-state index in [0.29, 0.717) is 30.6 Å². The van der Waals surface area contributed by atoms with Gasteiger partial charge in [-0.25, -0.2) is 4.98 Å². The predicted molar refractivity (Wildman–Crippen MR) is 114 cm³/mol. The highest BCUT2D eigenvalue weighted by Crippen LogP contribution is 2.13. The van der Waals surface area contributed by atoms with Crippen molar-refractivity contribution in [3.8, 4) is 0 Å². The van der Waals surface area contributed by atoms with E-state index in [1.807, 2.05) is 34.9 Å². The summed E-state index contributed by atoms with van der Waals surface area (Å²) in [5, 5.41) is 3.01. The van der Waals surface area contributed by atoms with Gasteiger partial charge in [0.05, 0.1) is 5.52 Å². The van der Waals surface area contributed by atoms with Crippen molar-refractivity contribution in [3.63, 3.8) is 0 Å². The molecule has 3 aromatic rings. The quantitative estimate of drug-likeness (QED) is 0.595. The number of amides is 1. The molecule has 0 radical (unpaired) electrons. The molecule has 4 rings (SSSR count). The zero-order chi connectivity index (χ0) is 20.1. The number of likely N-dealkylation sites (tertiary alicyclic amines) is 1. The van der Waals surface area contributed by atoms with E-state index in [2.05, 4.69) is 15.2 Å². The molecular weight excluding hydrogens is 366 g/mol. The van der Waals surface area contributed by atoms with Gasteiger partial charge in [0.15, 0.2) is 5.65 Å². The number of carbonyl (C=O) groups excluding carboxylic acids is 1. The maximum atomic E-state index is 12.8. The molecule has 0 bridgehead atoms. The Morgan fingerprint density at radius 3 is 2.72 bits per heavy atom. The summed E-state index contributed by atoms with van der Waals surface area (Å²) >= 11 is 0. The molecule has 1 saturated heterocycles. The first-order chi connectivity index (χ1) is 14.2. The van der Waals surface area contributed by atoms with Crippen molar-refractivity contribution in [2.75, 3.05) is 26.2 Å². The van der Waals surface area contributed by atoms with E-state index in [-0.39, 0.29) is 11.5 Å². The molecule has 1 N–H and O–H groups in total. The summed E-state index contributed by atoms with van der Waals surface area (Å²) in [6.07, 6.45) is 9.53. The molecule has 3 aromatic heterocycles. The largest absolute Gasteiger partial charge is 0.356 e. The number of piperidine rings is 1. The molecule has 154 valence electrons. The van der Waals surface area contributed by atoms with Crippen molar-refractivity contribution in [1.82, 2.24) is 24.2 Å². The molecule has 0 saturated carbocycles. The maximum Gasteiger partial charge on any atom is 0.276 e. The molecule has 7 nitrogen and oxygen atoms in total. The zero-order valence-electron chi connectivity index (χ0n) is 16.8. The highest BCUT2D eigenvalue weighted by Gasteiger charge is 2.12. The van der Waals surface area contributed by atoms with Crippen molar-refractivity contribution in [3.05, 3.63) is 47.0 Å². The predicted octanol–water partition coefficient (Wildman–Crippen LogP) is 2.42. The molecule has 1 aliphatic rings. The minimum Gasteiger partial charge on any atom is -0.356 e. The Balaban J connectivity index is 1.30. The third kappa shape index (κ3) is 4.50. The van der Waals surface area contributed by atoms with Crippen LogP contribution in [0.4, 0.5) is 0 Å². The fraction of sp³-hybridized carbons (Fsp3) is 0.500. The van der Waals surface area contributed by atoms with Crippen LogP contribution in [0.3, 0.4) is 0 Å². The van der Waals surface area contributed by atoms with Crippen LogP contribution in [0, 0.1) is 0 Å². The van der Waals surface area contributed by atoms with Crippen LogP contribution in [0.1, 0.15) is 38.5 Å². The molecule has 29 heavy (non-hydrogen) atoms. The third-order valence-corrected chi connectivity index (χ3v) is 5.70. The smallest absolute Gasteiger partial charge is 0.276 e. The van der Waals surface area contributed by atoms with Gasteiger partial charge in [-0.15, -0.1) is 0 Å². The van der Waals surface area contributed by atoms with Crippen molar-refractivity contribution in [2.24, 2.45) is 0 Å². The van der Waals surface area contributed by atoms with Crippen molar-refractivity contribution < 1.29 is 4.79 Å². The first-order valence-corrected chi connectivity index (χ1v) is 10.7. The number of aromatic nitrogens is 3. The Morgan fingerprint density at radius 1 is 1.03 bits per heavy atom. The Labute approximate surface area is 170 Å². The van der Waals surface area contributed by atoms with Gasteiger partial charge in [0.2, 0.25) is 5.91 Å². The molecule has 0 aromatic carbocycles. The van der Waals surface area contributed by atoms with E-state index < -0.39 is 0 Å². The minimum atomic E-state index is -0.0665. The summed E-state index contributed by atoms with van der Waals surface area (Å²) in [5.74, 6) is 0.0534. The van der Waals surface area contributed by atoms with Crippen LogP contribution in [0.2, 0.25) is 0 Å². The average molecular weight is 396 g/mol. The Kier molecular flexibility index (Phi) is 6.24.